The summed E-state index contributed by atoms with van der Waals surface area (Å²) >= 11 is 0. The van der Waals surface area contributed by atoms with Gasteiger partial charge in [-0.3, -0.25) is 4.90 Å². The summed E-state index contributed by atoms with van der Waals surface area (Å²) in [5, 5.41) is 3.69. The minimum absolute atomic E-state index is 0.534. The quantitative estimate of drug-likeness (QED) is 0.828. The first-order valence-corrected chi connectivity index (χ1v) is 7.78. The second-order valence-corrected chi connectivity index (χ2v) is 5.66. The highest BCUT2D eigenvalue weighted by Gasteiger charge is 2.22. The average molecular weight is 270 g/mol. The van der Waals surface area contributed by atoms with Gasteiger partial charge in [-0.25, -0.2) is 0 Å². The Balaban J connectivity index is 1.98. The SMILES string of the molecule is C#CCC(CC)N1CCCNC(Cc2ccccc2)C1. The average Bonchev–Trinajstić information content (AvgIpc) is 2.71. The van der Waals surface area contributed by atoms with Crippen LogP contribution in [0.1, 0.15) is 31.7 Å². The molecular formula is C18H26N2. The number of rotatable bonds is 5. The first-order chi connectivity index (χ1) is 9.83. The predicted octanol–water partition coefficient (Wildman–Crippen LogP) is 2.69. The maximum atomic E-state index is 5.52. The smallest absolute Gasteiger partial charge is 0.0242 e. The van der Waals surface area contributed by atoms with Crippen molar-refractivity contribution < 1.29 is 0 Å². The van der Waals surface area contributed by atoms with E-state index < -0.39 is 0 Å². The van der Waals surface area contributed by atoms with Crippen molar-refractivity contribution in [2.75, 3.05) is 19.6 Å². The van der Waals surface area contributed by atoms with E-state index in [-0.39, 0.29) is 0 Å². The van der Waals surface area contributed by atoms with Crippen molar-refractivity contribution in [3.05, 3.63) is 35.9 Å². The van der Waals surface area contributed by atoms with Crippen molar-refractivity contribution in [3.8, 4) is 12.3 Å². The maximum Gasteiger partial charge on any atom is 0.0242 e. The van der Waals surface area contributed by atoms with Gasteiger partial charge < -0.3 is 5.32 Å². The zero-order valence-electron chi connectivity index (χ0n) is 12.5. The number of nitrogens with zero attached hydrogens (tertiary/aromatic N) is 1. The molecule has 2 atom stereocenters. The Hall–Kier alpha value is -1.30. The third kappa shape index (κ3) is 4.37. The van der Waals surface area contributed by atoms with Gasteiger partial charge in [0, 0.05) is 25.0 Å². The van der Waals surface area contributed by atoms with Crippen LogP contribution in [0.15, 0.2) is 30.3 Å². The van der Waals surface area contributed by atoms with E-state index in [0.717, 1.165) is 32.4 Å². The molecule has 0 bridgehead atoms. The van der Waals surface area contributed by atoms with Gasteiger partial charge in [0.2, 0.25) is 0 Å². The predicted molar refractivity (Wildman–Crippen MR) is 85.7 cm³/mol. The maximum absolute atomic E-state index is 5.52. The van der Waals surface area contributed by atoms with Crippen molar-refractivity contribution in [1.29, 1.82) is 0 Å². The van der Waals surface area contributed by atoms with Crippen molar-refractivity contribution >= 4 is 0 Å². The molecule has 2 unspecified atom stereocenters. The highest BCUT2D eigenvalue weighted by atomic mass is 15.2. The lowest BCUT2D eigenvalue weighted by molar-refractivity contribution is 0.189. The van der Waals surface area contributed by atoms with Gasteiger partial charge in [-0.1, -0.05) is 37.3 Å². The van der Waals surface area contributed by atoms with E-state index in [1.807, 2.05) is 0 Å². The second-order valence-electron chi connectivity index (χ2n) is 5.66. The van der Waals surface area contributed by atoms with Gasteiger partial charge >= 0.3 is 0 Å². The van der Waals surface area contributed by atoms with Crippen molar-refractivity contribution in [3.63, 3.8) is 0 Å². The fourth-order valence-electron chi connectivity index (χ4n) is 3.06. The fourth-order valence-corrected chi connectivity index (χ4v) is 3.06. The summed E-state index contributed by atoms with van der Waals surface area (Å²) in [5.41, 5.74) is 1.41. The molecule has 0 spiro atoms. The summed E-state index contributed by atoms with van der Waals surface area (Å²) in [6.45, 7) is 5.63. The Morgan fingerprint density at radius 3 is 2.90 bits per heavy atom. The normalized spacial score (nSPS) is 21.9. The highest BCUT2D eigenvalue weighted by molar-refractivity contribution is 5.16. The Kier molecular flexibility index (Phi) is 6.11. The van der Waals surface area contributed by atoms with Crippen LogP contribution >= 0.6 is 0 Å². The molecule has 0 saturated carbocycles. The molecule has 0 aliphatic carbocycles. The first kappa shape index (κ1) is 15.1. The summed E-state index contributed by atoms with van der Waals surface area (Å²) in [5.74, 6) is 2.84. The minimum Gasteiger partial charge on any atom is -0.312 e. The third-order valence-corrected chi connectivity index (χ3v) is 4.18. The number of hydrogen-bond donors (Lipinski definition) is 1. The molecule has 2 nitrogen and oxygen atoms in total. The molecule has 1 aromatic carbocycles. The molecular weight excluding hydrogens is 244 g/mol. The monoisotopic (exact) mass is 270 g/mol. The van der Waals surface area contributed by atoms with Gasteiger partial charge in [0.25, 0.3) is 0 Å². The van der Waals surface area contributed by atoms with Gasteiger partial charge in [-0.2, -0.15) is 0 Å². The molecule has 1 heterocycles. The third-order valence-electron chi connectivity index (χ3n) is 4.18. The molecule has 108 valence electrons. The molecule has 1 aromatic rings. The summed E-state index contributed by atoms with van der Waals surface area (Å²) in [6.07, 6.45) is 9.84. The van der Waals surface area contributed by atoms with Crippen LogP contribution in [0.4, 0.5) is 0 Å². The lowest BCUT2D eigenvalue weighted by Gasteiger charge is -2.31. The van der Waals surface area contributed by atoms with Gasteiger partial charge in [-0.15, -0.1) is 12.3 Å². The largest absolute Gasteiger partial charge is 0.312 e. The van der Waals surface area contributed by atoms with E-state index in [4.69, 9.17) is 6.42 Å². The van der Waals surface area contributed by atoms with Crippen LogP contribution in [0.5, 0.6) is 0 Å². The van der Waals surface area contributed by atoms with Crippen molar-refractivity contribution in [2.24, 2.45) is 0 Å². The Labute approximate surface area is 123 Å². The van der Waals surface area contributed by atoms with Crippen LogP contribution in [0.2, 0.25) is 0 Å². The van der Waals surface area contributed by atoms with E-state index >= 15 is 0 Å². The molecule has 1 N–H and O–H groups in total. The molecule has 1 fully saturated rings. The fraction of sp³-hybridized carbons (Fsp3) is 0.556. The van der Waals surface area contributed by atoms with E-state index in [9.17, 15) is 0 Å². The van der Waals surface area contributed by atoms with E-state index in [0.29, 0.717) is 12.1 Å². The van der Waals surface area contributed by atoms with Crippen LogP contribution in [-0.4, -0.2) is 36.6 Å². The van der Waals surface area contributed by atoms with Gasteiger partial charge in [-0.05, 0) is 37.9 Å². The lowest BCUT2D eigenvalue weighted by atomic mass is 10.0. The second kappa shape index (κ2) is 8.09. The van der Waals surface area contributed by atoms with Crippen LogP contribution < -0.4 is 5.32 Å². The van der Waals surface area contributed by atoms with E-state index in [1.165, 1.54) is 18.5 Å². The molecule has 1 aliphatic rings. The molecule has 20 heavy (non-hydrogen) atoms. The Morgan fingerprint density at radius 1 is 1.40 bits per heavy atom. The Bertz CT molecular complexity index is 421. The molecule has 2 heteroatoms. The lowest BCUT2D eigenvalue weighted by Crippen LogP contribution is -2.43. The molecule has 2 rings (SSSR count). The number of benzene rings is 1. The number of nitrogens with one attached hydrogen (secondary N) is 1. The van der Waals surface area contributed by atoms with Crippen LogP contribution in [-0.2, 0) is 6.42 Å². The standard InChI is InChI=1S/C18H26N2/c1-3-9-18(4-2)20-13-8-12-19-17(15-20)14-16-10-6-5-7-11-16/h1,5-7,10-11,17-19H,4,8-9,12-15H2,2H3. The van der Waals surface area contributed by atoms with E-state index in [1.54, 1.807) is 0 Å². The van der Waals surface area contributed by atoms with Crippen LogP contribution in [0.3, 0.4) is 0 Å². The molecule has 0 radical (unpaired) electrons. The van der Waals surface area contributed by atoms with Gasteiger partial charge in [0.15, 0.2) is 0 Å². The first-order valence-electron chi connectivity index (χ1n) is 7.78. The summed E-state index contributed by atoms with van der Waals surface area (Å²) in [6, 6.07) is 11.8. The summed E-state index contributed by atoms with van der Waals surface area (Å²) < 4.78 is 0. The van der Waals surface area contributed by atoms with Crippen molar-refractivity contribution in [1.82, 2.24) is 10.2 Å². The summed E-state index contributed by atoms with van der Waals surface area (Å²) in [7, 11) is 0. The van der Waals surface area contributed by atoms with Crippen LogP contribution in [0, 0.1) is 12.3 Å². The topological polar surface area (TPSA) is 15.3 Å². The zero-order valence-corrected chi connectivity index (χ0v) is 12.5. The molecule has 1 saturated heterocycles. The number of terminal acetylenes is 1. The summed E-state index contributed by atoms with van der Waals surface area (Å²) in [4.78, 5) is 2.59. The molecule has 0 aromatic heterocycles. The minimum atomic E-state index is 0.534. The zero-order chi connectivity index (χ0) is 14.2. The number of hydrogen-bond acceptors (Lipinski definition) is 2. The van der Waals surface area contributed by atoms with Gasteiger partial charge in [0.05, 0.1) is 0 Å². The highest BCUT2D eigenvalue weighted by Crippen LogP contribution is 2.14. The molecule has 0 amide bonds. The molecule has 1 aliphatic heterocycles. The van der Waals surface area contributed by atoms with Gasteiger partial charge in [0.1, 0.15) is 0 Å². The Morgan fingerprint density at radius 2 is 2.20 bits per heavy atom. The van der Waals surface area contributed by atoms with E-state index in [2.05, 4.69) is 53.4 Å². The van der Waals surface area contributed by atoms with Crippen molar-refractivity contribution in [2.45, 2.75) is 44.7 Å². The van der Waals surface area contributed by atoms with Crippen LogP contribution in [0.25, 0.3) is 0 Å².